The van der Waals surface area contributed by atoms with Gasteiger partial charge in [-0.1, -0.05) is 25.3 Å². The first-order chi connectivity index (χ1) is 9.58. The van der Waals surface area contributed by atoms with Crippen LogP contribution in [-0.2, 0) is 4.79 Å². The predicted octanol–water partition coefficient (Wildman–Crippen LogP) is 1.14. The summed E-state index contributed by atoms with van der Waals surface area (Å²) in [5, 5.41) is 11.8. The van der Waals surface area contributed by atoms with Crippen LogP contribution in [0.15, 0.2) is 23.0 Å². The molecule has 6 heteroatoms. The number of hydrogen-bond acceptors (Lipinski definition) is 3. The minimum Gasteiger partial charge on any atom is -0.480 e. The normalized spacial score (nSPS) is 17.4. The van der Waals surface area contributed by atoms with Crippen LogP contribution in [0.2, 0.25) is 0 Å². The van der Waals surface area contributed by atoms with Crippen molar-refractivity contribution in [3.05, 3.63) is 34.2 Å². The Morgan fingerprint density at radius 2 is 1.95 bits per heavy atom. The van der Waals surface area contributed by atoms with Crippen LogP contribution in [0, 0.1) is 5.92 Å². The number of carboxylic acids is 1. The number of pyridine rings is 1. The number of nitrogens with one attached hydrogen (secondary N) is 2. The summed E-state index contributed by atoms with van der Waals surface area (Å²) in [6, 6.07) is 3.32. The third-order valence-electron chi connectivity index (χ3n) is 3.69. The summed E-state index contributed by atoms with van der Waals surface area (Å²) in [6.45, 7) is 0. The monoisotopic (exact) mass is 278 g/mol. The zero-order chi connectivity index (χ0) is 14.5. The first kappa shape index (κ1) is 14.3. The molecule has 0 aromatic carbocycles. The highest BCUT2D eigenvalue weighted by Gasteiger charge is 2.31. The van der Waals surface area contributed by atoms with Gasteiger partial charge in [-0.25, -0.2) is 4.79 Å². The average molecular weight is 278 g/mol. The quantitative estimate of drug-likeness (QED) is 0.769. The summed E-state index contributed by atoms with van der Waals surface area (Å²) in [5.41, 5.74) is -0.304. The topological polar surface area (TPSA) is 99.3 Å². The third kappa shape index (κ3) is 3.46. The van der Waals surface area contributed by atoms with E-state index >= 15 is 0 Å². The number of carboxylic acid groups (broad SMARTS) is 1. The van der Waals surface area contributed by atoms with Crippen LogP contribution in [-0.4, -0.2) is 28.0 Å². The van der Waals surface area contributed by atoms with Gasteiger partial charge in [0.25, 0.3) is 5.91 Å². The molecule has 0 aliphatic heterocycles. The van der Waals surface area contributed by atoms with Crippen LogP contribution in [0.25, 0.3) is 0 Å². The van der Waals surface area contributed by atoms with Gasteiger partial charge in [-0.2, -0.15) is 0 Å². The Morgan fingerprint density at radius 1 is 1.25 bits per heavy atom. The van der Waals surface area contributed by atoms with Gasteiger partial charge in [0, 0.05) is 6.07 Å². The molecule has 20 heavy (non-hydrogen) atoms. The molecule has 2 rings (SSSR count). The molecule has 0 saturated heterocycles. The minimum absolute atomic E-state index is 0.0411. The Morgan fingerprint density at radius 3 is 2.55 bits per heavy atom. The van der Waals surface area contributed by atoms with Crippen molar-refractivity contribution < 1.29 is 14.7 Å². The van der Waals surface area contributed by atoms with Gasteiger partial charge < -0.3 is 15.4 Å². The molecule has 0 radical (unpaired) electrons. The molecule has 3 N–H and O–H groups in total. The summed E-state index contributed by atoms with van der Waals surface area (Å²) in [6.07, 6.45) is 4.72. The number of H-pyrrole nitrogens is 1. The molecule has 108 valence electrons. The molecular weight excluding hydrogens is 260 g/mol. The zero-order valence-electron chi connectivity index (χ0n) is 11.1. The lowest BCUT2D eigenvalue weighted by molar-refractivity contribution is -0.141. The minimum atomic E-state index is -1.02. The Bertz CT molecular complexity index is 546. The van der Waals surface area contributed by atoms with Crippen molar-refractivity contribution >= 4 is 11.9 Å². The maximum atomic E-state index is 12.0. The number of hydrogen-bond donors (Lipinski definition) is 3. The zero-order valence-corrected chi connectivity index (χ0v) is 11.1. The number of aromatic nitrogens is 1. The van der Waals surface area contributed by atoms with Crippen LogP contribution in [0.4, 0.5) is 0 Å². The summed E-state index contributed by atoms with van der Waals surface area (Å²) in [7, 11) is 0. The van der Waals surface area contributed by atoms with Crippen molar-refractivity contribution in [3.63, 3.8) is 0 Å². The first-order valence-electron chi connectivity index (χ1n) is 6.81. The van der Waals surface area contributed by atoms with E-state index in [0.717, 1.165) is 32.1 Å². The first-order valence-corrected chi connectivity index (χ1v) is 6.81. The fourth-order valence-corrected chi connectivity index (χ4v) is 2.65. The van der Waals surface area contributed by atoms with Crippen molar-refractivity contribution in [2.24, 2.45) is 5.92 Å². The van der Waals surface area contributed by atoms with Gasteiger partial charge in [0.15, 0.2) is 0 Å². The van der Waals surface area contributed by atoms with Crippen molar-refractivity contribution in [2.45, 2.75) is 38.1 Å². The predicted molar refractivity (Wildman–Crippen MR) is 72.5 cm³/mol. The Kier molecular flexibility index (Phi) is 4.55. The molecule has 1 aliphatic carbocycles. The molecule has 0 spiro atoms. The molecule has 1 amide bonds. The number of carbonyl (C=O) groups excluding carboxylic acids is 1. The van der Waals surface area contributed by atoms with Crippen molar-refractivity contribution in [1.29, 1.82) is 0 Å². The van der Waals surface area contributed by atoms with E-state index in [1.807, 2.05) is 0 Å². The van der Waals surface area contributed by atoms with Crippen LogP contribution >= 0.6 is 0 Å². The fourth-order valence-electron chi connectivity index (χ4n) is 2.65. The van der Waals surface area contributed by atoms with Gasteiger partial charge in [-0.15, -0.1) is 0 Å². The van der Waals surface area contributed by atoms with Crippen LogP contribution in [0.5, 0.6) is 0 Å². The molecule has 1 unspecified atom stereocenters. The molecule has 6 nitrogen and oxygen atoms in total. The van der Waals surface area contributed by atoms with Gasteiger partial charge in [0.1, 0.15) is 11.7 Å². The van der Waals surface area contributed by atoms with E-state index in [-0.39, 0.29) is 17.2 Å². The highest BCUT2D eigenvalue weighted by atomic mass is 16.4. The molecule has 1 aliphatic rings. The highest BCUT2D eigenvalue weighted by Crippen LogP contribution is 2.26. The van der Waals surface area contributed by atoms with Crippen molar-refractivity contribution in [1.82, 2.24) is 10.3 Å². The third-order valence-corrected chi connectivity index (χ3v) is 3.69. The van der Waals surface area contributed by atoms with Crippen LogP contribution in [0.3, 0.4) is 0 Å². The summed E-state index contributed by atoms with van der Waals surface area (Å²) in [4.78, 5) is 36.9. The summed E-state index contributed by atoms with van der Waals surface area (Å²) < 4.78 is 0. The molecule has 1 fully saturated rings. The SMILES string of the molecule is O=C(NC(C(=O)O)C1CCCCC1)c1cccc(=O)[nH]1. The van der Waals surface area contributed by atoms with Crippen LogP contribution < -0.4 is 10.9 Å². The number of carbonyl (C=O) groups is 2. The average Bonchev–Trinajstić information content (AvgIpc) is 2.45. The van der Waals surface area contributed by atoms with Gasteiger partial charge >= 0.3 is 5.97 Å². The number of aromatic amines is 1. The summed E-state index contributed by atoms with van der Waals surface area (Å²) in [5.74, 6) is -1.62. The molecule has 1 aromatic heterocycles. The standard InChI is InChI=1S/C14H18N2O4/c17-11-8-4-7-10(15-11)13(18)16-12(14(19)20)9-5-2-1-3-6-9/h4,7-9,12H,1-3,5-6H2,(H,15,17)(H,16,18)(H,19,20). The molecular formula is C14H18N2O4. The second-order valence-corrected chi connectivity index (χ2v) is 5.12. The lowest BCUT2D eigenvalue weighted by Crippen LogP contribution is -2.47. The largest absolute Gasteiger partial charge is 0.480 e. The molecule has 1 aromatic rings. The molecule has 1 heterocycles. The molecule has 1 atom stereocenters. The highest BCUT2D eigenvalue weighted by molar-refractivity contribution is 5.94. The lowest BCUT2D eigenvalue weighted by atomic mass is 9.84. The number of amides is 1. The van der Waals surface area contributed by atoms with Crippen molar-refractivity contribution in [2.75, 3.05) is 0 Å². The second kappa shape index (κ2) is 6.36. The van der Waals surface area contributed by atoms with E-state index in [1.54, 1.807) is 0 Å². The van der Waals surface area contributed by atoms with Gasteiger partial charge in [0.2, 0.25) is 5.56 Å². The van der Waals surface area contributed by atoms with Crippen molar-refractivity contribution in [3.8, 4) is 0 Å². The van der Waals surface area contributed by atoms with E-state index in [1.165, 1.54) is 18.2 Å². The van der Waals surface area contributed by atoms with E-state index < -0.39 is 17.9 Å². The Hall–Kier alpha value is -2.11. The lowest BCUT2D eigenvalue weighted by Gasteiger charge is -2.27. The number of rotatable bonds is 4. The van der Waals surface area contributed by atoms with Crippen LogP contribution in [0.1, 0.15) is 42.6 Å². The van der Waals surface area contributed by atoms with E-state index in [2.05, 4.69) is 10.3 Å². The molecule has 0 bridgehead atoms. The smallest absolute Gasteiger partial charge is 0.326 e. The number of aliphatic carboxylic acids is 1. The fraction of sp³-hybridized carbons (Fsp3) is 0.500. The van der Waals surface area contributed by atoms with E-state index in [9.17, 15) is 19.5 Å². The second-order valence-electron chi connectivity index (χ2n) is 5.12. The van der Waals surface area contributed by atoms with E-state index in [0.29, 0.717) is 0 Å². The summed E-state index contributed by atoms with van der Waals surface area (Å²) >= 11 is 0. The van der Waals surface area contributed by atoms with Gasteiger partial charge in [-0.3, -0.25) is 9.59 Å². The van der Waals surface area contributed by atoms with Gasteiger partial charge in [0.05, 0.1) is 0 Å². The van der Waals surface area contributed by atoms with Gasteiger partial charge in [-0.05, 0) is 24.8 Å². The Labute approximate surface area is 116 Å². The van der Waals surface area contributed by atoms with E-state index in [4.69, 9.17) is 0 Å². The Balaban J connectivity index is 2.09. The molecule has 1 saturated carbocycles. The maximum absolute atomic E-state index is 12.0. The maximum Gasteiger partial charge on any atom is 0.326 e.